The van der Waals surface area contributed by atoms with E-state index in [1.165, 1.54) is 11.8 Å². The Balaban J connectivity index is 1.35. The number of amidine groups is 2. The maximum atomic E-state index is 12.7. The molecule has 3 heterocycles. The summed E-state index contributed by atoms with van der Waals surface area (Å²) in [5, 5.41) is 11.1. The van der Waals surface area contributed by atoms with Crippen LogP contribution in [0.25, 0.3) is 23.1 Å². The van der Waals surface area contributed by atoms with E-state index in [-0.39, 0.29) is 17.4 Å². The zero-order valence-electron chi connectivity index (χ0n) is 19.6. The smallest absolute Gasteiger partial charge is 0.338 e. The number of carbonyl (C=O) groups is 2. The molecule has 8 heteroatoms. The number of nitrogens with zero attached hydrogens (tertiary/aromatic N) is 2. The maximum Gasteiger partial charge on any atom is 0.338 e. The third-order valence-corrected chi connectivity index (χ3v) is 6.56. The summed E-state index contributed by atoms with van der Waals surface area (Å²) in [6.45, 7) is 2.45. The highest BCUT2D eigenvalue weighted by Crippen LogP contribution is 2.37. The van der Waals surface area contributed by atoms with Gasteiger partial charge in [-0.1, -0.05) is 67.6 Å². The first kappa shape index (κ1) is 23.6. The van der Waals surface area contributed by atoms with Gasteiger partial charge in [-0.3, -0.25) is 15.1 Å². The van der Waals surface area contributed by atoms with Crippen LogP contribution in [0.1, 0.15) is 41.4 Å². The first-order chi connectivity index (χ1) is 17.5. The number of nitrogens with one attached hydrogen (secondary N) is 1. The molecule has 0 unspecified atom stereocenters. The molecule has 5 rings (SSSR count). The van der Waals surface area contributed by atoms with Gasteiger partial charge in [-0.15, -0.1) is 0 Å². The molecule has 7 nitrogen and oxygen atoms in total. The number of hydrogen-bond acceptors (Lipinski definition) is 6. The molecule has 0 fully saturated rings. The van der Waals surface area contributed by atoms with Gasteiger partial charge in [-0.2, -0.15) is 4.99 Å². The van der Waals surface area contributed by atoms with Crippen LogP contribution in [0.2, 0.25) is 0 Å². The molecule has 2 aliphatic heterocycles. The second kappa shape index (κ2) is 10.2. The minimum atomic E-state index is -0.481. The number of fused-ring (bicyclic) bond motifs is 1. The summed E-state index contributed by atoms with van der Waals surface area (Å²) >= 11 is 1.32. The SMILES string of the molecule is CCCCOC(=O)c1ccc(-c2ccc(/C=C3/C(=N)N4C(c5ccccc5)=CSC4=NC3=O)o2)cc1. The molecule has 180 valence electrons. The lowest BCUT2D eigenvalue weighted by Gasteiger charge is -2.26. The standard InChI is InChI=1S/C28H23N3O4S/c1-2-3-15-34-27(33)20-11-9-19(10-12-20)24-14-13-21(35-24)16-22-25(29)31-23(18-7-5-4-6-8-18)17-36-28(31)30-26(22)32/h4-14,16-17,29H,2-3,15H2,1H3/b22-16-,29-25?. The molecule has 0 atom stereocenters. The van der Waals surface area contributed by atoms with Gasteiger partial charge in [0.1, 0.15) is 17.4 Å². The van der Waals surface area contributed by atoms with E-state index in [4.69, 9.17) is 14.6 Å². The quantitative estimate of drug-likeness (QED) is 0.237. The van der Waals surface area contributed by atoms with E-state index in [0.717, 1.165) is 29.7 Å². The van der Waals surface area contributed by atoms with Gasteiger partial charge in [0.15, 0.2) is 5.17 Å². The summed E-state index contributed by atoms with van der Waals surface area (Å²) in [4.78, 5) is 30.7. The van der Waals surface area contributed by atoms with Crippen LogP contribution in [-0.2, 0) is 9.53 Å². The fraction of sp³-hybridized carbons (Fsp3) is 0.143. The average molecular weight is 498 g/mol. The van der Waals surface area contributed by atoms with Gasteiger partial charge in [0.25, 0.3) is 5.91 Å². The molecule has 0 spiro atoms. The molecule has 0 aliphatic carbocycles. The average Bonchev–Trinajstić information content (AvgIpc) is 3.55. The minimum Gasteiger partial charge on any atom is -0.462 e. The molecule has 3 aromatic rings. The van der Waals surface area contributed by atoms with Gasteiger partial charge in [0, 0.05) is 11.0 Å². The Kier molecular flexibility index (Phi) is 6.69. The van der Waals surface area contributed by atoms with Crippen molar-refractivity contribution in [1.29, 1.82) is 5.41 Å². The van der Waals surface area contributed by atoms with Crippen molar-refractivity contribution in [3.63, 3.8) is 0 Å². The molecule has 1 amide bonds. The van der Waals surface area contributed by atoms with Crippen molar-refractivity contribution in [3.8, 4) is 11.3 Å². The second-order valence-electron chi connectivity index (χ2n) is 8.20. The number of carbonyl (C=O) groups excluding carboxylic acids is 2. The van der Waals surface area contributed by atoms with Crippen LogP contribution in [0, 0.1) is 5.41 Å². The molecule has 2 aliphatic rings. The van der Waals surface area contributed by atoms with E-state index in [9.17, 15) is 9.59 Å². The summed E-state index contributed by atoms with van der Waals surface area (Å²) in [7, 11) is 0. The topological polar surface area (TPSA) is 96.0 Å². The first-order valence-electron chi connectivity index (χ1n) is 11.6. The number of rotatable bonds is 7. The summed E-state index contributed by atoms with van der Waals surface area (Å²) < 4.78 is 11.2. The van der Waals surface area contributed by atoms with Crippen LogP contribution in [0.4, 0.5) is 0 Å². The van der Waals surface area contributed by atoms with E-state index < -0.39 is 5.91 Å². The molecular formula is C28H23N3O4S. The molecule has 2 aromatic carbocycles. The number of benzene rings is 2. The maximum absolute atomic E-state index is 12.7. The largest absolute Gasteiger partial charge is 0.462 e. The molecule has 0 radical (unpaired) electrons. The highest BCUT2D eigenvalue weighted by Gasteiger charge is 2.36. The van der Waals surface area contributed by atoms with E-state index in [2.05, 4.69) is 4.99 Å². The van der Waals surface area contributed by atoms with Crippen LogP contribution in [-0.4, -0.2) is 34.4 Å². The number of ether oxygens (including phenoxy) is 1. The highest BCUT2D eigenvalue weighted by molar-refractivity contribution is 8.17. The van der Waals surface area contributed by atoms with Gasteiger partial charge in [0.2, 0.25) is 0 Å². The van der Waals surface area contributed by atoms with Crippen molar-refractivity contribution >= 4 is 46.4 Å². The van der Waals surface area contributed by atoms with Crippen LogP contribution in [0.5, 0.6) is 0 Å². The number of unbranched alkanes of at least 4 members (excludes halogenated alkanes) is 1. The number of amides is 1. The summed E-state index contributed by atoms with van der Waals surface area (Å²) in [6.07, 6.45) is 3.34. The predicted molar refractivity (Wildman–Crippen MR) is 141 cm³/mol. The van der Waals surface area contributed by atoms with Crippen LogP contribution >= 0.6 is 11.8 Å². The Morgan fingerprint density at radius 2 is 1.86 bits per heavy atom. The number of aliphatic imine (C=N–C) groups is 1. The predicted octanol–water partition coefficient (Wildman–Crippen LogP) is 6.21. The summed E-state index contributed by atoms with van der Waals surface area (Å²) in [5.74, 6) is 0.225. The monoisotopic (exact) mass is 497 g/mol. The number of hydrogen-bond donors (Lipinski definition) is 1. The minimum absolute atomic E-state index is 0.0500. The van der Waals surface area contributed by atoms with Gasteiger partial charge >= 0.3 is 5.97 Å². The van der Waals surface area contributed by atoms with Gasteiger partial charge in [-0.25, -0.2) is 4.79 Å². The summed E-state index contributed by atoms with van der Waals surface area (Å²) in [6, 6.07) is 20.2. The van der Waals surface area contributed by atoms with E-state index in [1.807, 2.05) is 42.7 Å². The van der Waals surface area contributed by atoms with Crippen LogP contribution < -0.4 is 0 Å². The second-order valence-corrected chi connectivity index (χ2v) is 9.03. The van der Waals surface area contributed by atoms with Gasteiger partial charge < -0.3 is 9.15 Å². The number of furan rings is 1. The lowest BCUT2D eigenvalue weighted by atomic mass is 10.1. The molecule has 1 N–H and O–H groups in total. The van der Waals surface area contributed by atoms with Crippen molar-refractivity contribution in [2.24, 2.45) is 4.99 Å². The van der Waals surface area contributed by atoms with Gasteiger partial charge in [0.05, 0.1) is 23.4 Å². The molecule has 1 aromatic heterocycles. The number of esters is 1. The fourth-order valence-corrected chi connectivity index (χ4v) is 4.69. The molecule has 0 saturated carbocycles. The van der Waals surface area contributed by atoms with Crippen molar-refractivity contribution in [2.75, 3.05) is 6.61 Å². The van der Waals surface area contributed by atoms with Crippen molar-refractivity contribution < 1.29 is 18.7 Å². The summed E-state index contributed by atoms with van der Waals surface area (Å²) in [5.41, 5.74) is 3.14. The molecule has 0 bridgehead atoms. The van der Waals surface area contributed by atoms with Crippen LogP contribution in [0.3, 0.4) is 0 Å². The lowest BCUT2D eigenvalue weighted by molar-refractivity contribution is -0.114. The number of thioether (sulfide) groups is 1. The molecule has 0 saturated heterocycles. The van der Waals surface area contributed by atoms with Crippen molar-refractivity contribution in [3.05, 3.63) is 94.6 Å². The normalized spacial score (nSPS) is 16.1. The Morgan fingerprint density at radius 1 is 1.08 bits per heavy atom. The first-order valence-corrected chi connectivity index (χ1v) is 12.5. The Bertz CT molecular complexity index is 1420. The highest BCUT2D eigenvalue weighted by atomic mass is 32.2. The van der Waals surface area contributed by atoms with E-state index >= 15 is 0 Å². The van der Waals surface area contributed by atoms with Crippen LogP contribution in [0.15, 0.2) is 87.1 Å². The lowest BCUT2D eigenvalue weighted by Crippen LogP contribution is -2.37. The Morgan fingerprint density at radius 3 is 2.61 bits per heavy atom. The van der Waals surface area contributed by atoms with Crippen molar-refractivity contribution in [1.82, 2.24) is 4.90 Å². The Hall–Kier alpha value is -4.17. The fourth-order valence-electron chi connectivity index (χ4n) is 3.81. The zero-order chi connectivity index (χ0) is 25.1. The third kappa shape index (κ3) is 4.67. The third-order valence-electron chi connectivity index (χ3n) is 5.73. The molecule has 36 heavy (non-hydrogen) atoms. The Labute approximate surface area is 212 Å². The molecular weight excluding hydrogens is 474 g/mol. The van der Waals surface area contributed by atoms with Gasteiger partial charge in [-0.05, 0) is 42.3 Å². The zero-order valence-corrected chi connectivity index (χ0v) is 20.4. The van der Waals surface area contributed by atoms with E-state index in [0.29, 0.717) is 28.9 Å². The van der Waals surface area contributed by atoms with Crippen molar-refractivity contribution in [2.45, 2.75) is 19.8 Å². The van der Waals surface area contributed by atoms with E-state index in [1.54, 1.807) is 47.4 Å².